The maximum atomic E-state index is 14.5. The number of epoxide rings is 1. The fraction of sp³-hybridized carbons (Fsp3) is 0.725. The molecule has 0 bridgehead atoms. The second-order valence-corrected chi connectivity index (χ2v) is 18.8. The highest BCUT2D eigenvalue weighted by Crippen LogP contribution is 2.82. The third kappa shape index (κ3) is 3.34. The Kier molecular flexibility index (Phi) is 6.31. The minimum Gasteiger partial charge on any atom is -0.459 e. The van der Waals surface area contributed by atoms with Gasteiger partial charge in [-0.25, -0.2) is 4.79 Å². The van der Waals surface area contributed by atoms with Gasteiger partial charge in [0.25, 0.3) is 11.8 Å². The number of benzene rings is 1. The average Bonchev–Trinajstić information content (AvgIpc) is 3.96. The molecular formula is C40H48N2O11. The largest absolute Gasteiger partial charge is 0.459 e. The maximum absolute atomic E-state index is 14.5. The van der Waals surface area contributed by atoms with Gasteiger partial charge >= 0.3 is 11.9 Å². The van der Waals surface area contributed by atoms with Gasteiger partial charge < -0.3 is 29.5 Å². The van der Waals surface area contributed by atoms with E-state index < -0.39 is 105 Å². The van der Waals surface area contributed by atoms with Crippen molar-refractivity contribution < 1.29 is 53.5 Å². The Balaban J connectivity index is 1.13. The fourth-order valence-electron chi connectivity index (χ4n) is 15.2. The summed E-state index contributed by atoms with van der Waals surface area (Å²) in [7, 11) is 0. The van der Waals surface area contributed by atoms with Crippen molar-refractivity contribution in [2.75, 3.05) is 0 Å². The molecule has 5 unspecified atom stereocenters. The number of ketones is 1. The molecule has 4 heterocycles. The van der Waals surface area contributed by atoms with Crippen LogP contribution in [-0.2, 0) is 28.6 Å². The Morgan fingerprint density at radius 3 is 2.11 bits per heavy atom. The van der Waals surface area contributed by atoms with E-state index in [1.165, 1.54) is 13.8 Å². The van der Waals surface area contributed by atoms with Crippen LogP contribution in [0.1, 0.15) is 82.5 Å². The predicted molar refractivity (Wildman–Crippen MR) is 181 cm³/mol. The van der Waals surface area contributed by atoms with Crippen LogP contribution in [0.25, 0.3) is 0 Å². The van der Waals surface area contributed by atoms with Crippen LogP contribution < -0.4 is 0 Å². The van der Waals surface area contributed by atoms with Gasteiger partial charge in [-0.3, -0.25) is 19.2 Å². The third-order valence-electron chi connectivity index (χ3n) is 17.5. The van der Waals surface area contributed by atoms with Crippen molar-refractivity contribution in [1.82, 2.24) is 10.0 Å². The monoisotopic (exact) mass is 732 g/mol. The normalized spacial score (nSPS) is 57.9. The zero-order valence-corrected chi connectivity index (χ0v) is 31.2. The topological polar surface area (TPSA) is 183 Å². The van der Waals surface area contributed by atoms with E-state index in [0.29, 0.717) is 6.42 Å². The lowest BCUT2D eigenvalue weighted by molar-refractivity contribution is -0.234. The number of amides is 2. The number of nitrogens with zero attached hydrogens (tertiary/aromatic N) is 2. The standard InChI is InChI=1S/C40H48N2O11/c1-14-16(3)36(5)24-15(2)31-40(42(31)41-33(47)18-11-9-10-12-19(18)34(41)48)38(7,39(8,50)35(49)53-40)26(24)29(46)25(36)22-23(14)37(6)20(27(44)28(22)45)13-21-30(52-21)32(37)51-17(4)43/h9-12,14-16,20-26,28-32,45-46,50H,13H2,1-8H3/t14?,15-,16-,20+,21-,22?,23?,24-,25+,26-,28?,29+,30-,31+,32-,36+,37-,38-,39+,40-,42?/m0/s1. The molecule has 10 rings (SSSR count). The van der Waals surface area contributed by atoms with Crippen molar-refractivity contribution in [2.45, 2.75) is 110 Å². The maximum Gasteiger partial charge on any atom is 0.340 e. The van der Waals surface area contributed by atoms with Gasteiger partial charge in [0.05, 0.1) is 34.8 Å². The zero-order chi connectivity index (χ0) is 38.0. The van der Waals surface area contributed by atoms with E-state index in [2.05, 4.69) is 20.8 Å². The number of carbonyl (C=O) groups excluding carboxylic acids is 5. The molecule has 4 aliphatic heterocycles. The highest BCUT2D eigenvalue weighted by molar-refractivity contribution is 6.21. The van der Waals surface area contributed by atoms with Gasteiger partial charge in [-0.2, -0.15) is 10.0 Å². The second-order valence-electron chi connectivity index (χ2n) is 18.8. The summed E-state index contributed by atoms with van der Waals surface area (Å²) in [6, 6.07) is 5.83. The summed E-state index contributed by atoms with van der Waals surface area (Å²) >= 11 is 0. The Morgan fingerprint density at radius 1 is 0.887 bits per heavy atom. The number of hydrogen-bond acceptors (Lipinski definition) is 12. The number of rotatable bonds is 2. The molecular weight excluding hydrogens is 684 g/mol. The summed E-state index contributed by atoms with van der Waals surface area (Å²) in [4.78, 5) is 68.9. The van der Waals surface area contributed by atoms with Gasteiger partial charge in [0.1, 0.15) is 18.3 Å². The Hall–Kier alpha value is -3.23. The molecule has 2 amide bonds. The van der Waals surface area contributed by atoms with E-state index in [1.807, 2.05) is 13.8 Å². The SMILES string of the molecule is CC(=O)O[C@H]1[C@H]2O[C@H]2C[C@@H]2C(=O)C(O)C3C(C(C)[C@H](C)[C@]4(C)[C@H]5[C@H](C)[C@H]6N(N7C(=O)c8ccccc8C7=O)[C@]67OC(=O)[C@@](C)(O)[C@]7(C)[C@@H]5[C@H](O)[C@@H]34)[C@]21C. The van der Waals surface area contributed by atoms with Gasteiger partial charge in [-0.1, -0.05) is 53.7 Å². The van der Waals surface area contributed by atoms with E-state index in [0.717, 1.165) is 5.01 Å². The number of hydrogen-bond donors (Lipinski definition) is 3. The Morgan fingerprint density at radius 2 is 1.51 bits per heavy atom. The van der Waals surface area contributed by atoms with Crippen LogP contribution in [0, 0.1) is 69.5 Å². The first kappa shape index (κ1) is 34.3. The molecule has 1 spiro atoms. The van der Waals surface area contributed by atoms with Gasteiger partial charge in [0, 0.05) is 30.1 Å². The van der Waals surface area contributed by atoms with Crippen LogP contribution in [0.2, 0.25) is 0 Å². The van der Waals surface area contributed by atoms with Gasteiger partial charge in [-0.05, 0) is 66.4 Å². The molecule has 0 aromatic heterocycles. The number of aliphatic hydroxyl groups excluding tert-OH is 2. The van der Waals surface area contributed by atoms with E-state index >= 15 is 0 Å². The van der Waals surface area contributed by atoms with E-state index in [1.54, 1.807) is 36.2 Å². The van der Waals surface area contributed by atoms with Crippen LogP contribution in [-0.4, -0.2) is 103 Å². The van der Waals surface area contributed by atoms with Crippen LogP contribution >= 0.6 is 0 Å². The first-order valence-electron chi connectivity index (χ1n) is 19.2. The van der Waals surface area contributed by atoms with E-state index in [9.17, 15) is 39.3 Å². The molecule has 1 aromatic carbocycles. The summed E-state index contributed by atoms with van der Waals surface area (Å²) < 4.78 is 18.3. The van der Waals surface area contributed by atoms with Crippen LogP contribution in [0.4, 0.5) is 0 Å². The molecule has 13 heteroatoms. The summed E-state index contributed by atoms with van der Waals surface area (Å²) in [6.45, 7) is 14.8. The first-order chi connectivity index (χ1) is 24.8. The first-order valence-corrected chi connectivity index (χ1v) is 19.2. The van der Waals surface area contributed by atoms with Crippen LogP contribution in [0.5, 0.6) is 0 Å². The third-order valence-corrected chi connectivity index (χ3v) is 17.5. The van der Waals surface area contributed by atoms with Gasteiger partial charge in [0.15, 0.2) is 11.4 Å². The summed E-state index contributed by atoms with van der Waals surface area (Å²) in [6.07, 6.45) is -3.54. The van der Waals surface area contributed by atoms with Crippen molar-refractivity contribution >= 4 is 29.5 Å². The minimum atomic E-state index is -2.15. The van der Waals surface area contributed by atoms with Gasteiger partial charge in [-0.15, -0.1) is 0 Å². The quantitative estimate of drug-likeness (QED) is 0.229. The second kappa shape index (κ2) is 9.76. The van der Waals surface area contributed by atoms with Crippen molar-refractivity contribution in [2.24, 2.45) is 69.5 Å². The lowest BCUT2D eigenvalue weighted by atomic mass is 9.38. The molecule has 13 nitrogen and oxygen atoms in total. The fourth-order valence-corrected chi connectivity index (χ4v) is 15.2. The number of ether oxygens (including phenoxy) is 3. The summed E-state index contributed by atoms with van der Waals surface area (Å²) in [5.74, 6) is -7.12. The number of aliphatic hydroxyl groups is 3. The highest BCUT2D eigenvalue weighted by atomic mass is 16.6. The summed E-state index contributed by atoms with van der Waals surface area (Å²) in [5, 5.41) is 40.3. The zero-order valence-electron chi connectivity index (χ0n) is 31.2. The minimum absolute atomic E-state index is 0.139. The lowest BCUT2D eigenvalue weighted by Crippen LogP contribution is -2.70. The van der Waals surface area contributed by atoms with Crippen LogP contribution in [0.3, 0.4) is 0 Å². The van der Waals surface area contributed by atoms with Crippen LogP contribution in [0.15, 0.2) is 24.3 Å². The van der Waals surface area contributed by atoms with Gasteiger partial charge in [0.2, 0.25) is 5.72 Å². The molecule has 21 atom stereocenters. The summed E-state index contributed by atoms with van der Waals surface area (Å²) in [5.41, 5.74) is -6.55. The van der Waals surface area contributed by atoms with Crippen molar-refractivity contribution in [3.63, 3.8) is 0 Å². The van der Waals surface area contributed by atoms with Crippen molar-refractivity contribution in [3.8, 4) is 0 Å². The number of hydrazine groups is 1. The van der Waals surface area contributed by atoms with Crippen molar-refractivity contribution in [3.05, 3.63) is 35.4 Å². The number of Topliss-reactive ketones (excluding diaryl/α,β-unsaturated/α-hetero) is 1. The molecule has 9 aliphatic rings. The number of imide groups is 1. The molecule has 1 aromatic rings. The number of esters is 2. The number of fused-ring (bicyclic) bond motifs is 10. The number of carbonyl (C=O) groups is 5. The lowest BCUT2D eigenvalue weighted by Gasteiger charge is -2.66. The van der Waals surface area contributed by atoms with E-state index in [4.69, 9.17) is 14.2 Å². The molecule has 5 aliphatic carbocycles. The molecule has 5 saturated carbocycles. The van der Waals surface area contributed by atoms with E-state index in [-0.39, 0.29) is 52.8 Å². The predicted octanol–water partition coefficient (Wildman–Crippen LogP) is 1.96. The van der Waals surface area contributed by atoms with Crippen molar-refractivity contribution in [1.29, 1.82) is 0 Å². The molecule has 8 fully saturated rings. The molecule has 3 N–H and O–H groups in total. The highest BCUT2D eigenvalue weighted by Gasteiger charge is 2.95. The average molecular weight is 733 g/mol. The molecule has 53 heavy (non-hydrogen) atoms. The smallest absolute Gasteiger partial charge is 0.340 e. The molecule has 284 valence electrons. The molecule has 3 saturated heterocycles. The Bertz CT molecular complexity index is 1920. The Labute approximate surface area is 307 Å². The molecule has 0 radical (unpaired) electrons.